The second kappa shape index (κ2) is 5.32. The lowest BCUT2D eigenvalue weighted by atomic mass is 10.3. The van der Waals surface area contributed by atoms with Crippen LogP contribution in [0, 0.1) is 0 Å². The lowest BCUT2D eigenvalue weighted by Gasteiger charge is -2.12. The molecule has 1 aromatic heterocycles. The summed E-state index contributed by atoms with van der Waals surface area (Å²) in [5.74, 6) is 1.18. The van der Waals surface area contributed by atoms with E-state index in [0.29, 0.717) is 0 Å². The fraction of sp³-hybridized carbons (Fsp3) is 0.500. The van der Waals surface area contributed by atoms with Crippen molar-refractivity contribution in [1.82, 2.24) is 9.55 Å². The summed E-state index contributed by atoms with van der Waals surface area (Å²) in [6.07, 6.45) is 2.55. The van der Waals surface area contributed by atoms with Crippen LogP contribution in [0.1, 0.15) is 25.6 Å². The molecule has 1 N–H and O–H groups in total. The predicted molar refractivity (Wildman–Crippen MR) is 71.1 cm³/mol. The molecule has 0 aliphatic rings. The van der Waals surface area contributed by atoms with Gasteiger partial charge in [-0.2, -0.15) is 0 Å². The summed E-state index contributed by atoms with van der Waals surface area (Å²) >= 11 is 0. The van der Waals surface area contributed by atoms with Crippen LogP contribution in [0.25, 0.3) is 11.0 Å². The van der Waals surface area contributed by atoms with E-state index in [4.69, 9.17) is 4.98 Å². The Morgan fingerprint density at radius 2 is 2.06 bits per heavy atom. The van der Waals surface area contributed by atoms with Gasteiger partial charge in [0.1, 0.15) is 6.54 Å². The minimum Gasteiger partial charge on any atom is -0.331 e. The van der Waals surface area contributed by atoms with E-state index < -0.39 is 0 Å². The highest BCUT2D eigenvalue weighted by atomic mass is 15.2. The molecule has 2 aromatic rings. The van der Waals surface area contributed by atoms with Gasteiger partial charge in [0.2, 0.25) is 0 Å². The second-order valence-corrected chi connectivity index (χ2v) is 4.81. The standard InChI is InChI=1S/C14H21N3/c1-4-5-10-16(2)11-14-15-12-8-6-7-9-13(12)17(14)3/h6-9H,4-5,10-11H2,1-3H3/p+1. The summed E-state index contributed by atoms with van der Waals surface area (Å²) in [6, 6.07) is 8.33. The number of rotatable bonds is 5. The summed E-state index contributed by atoms with van der Waals surface area (Å²) in [5.41, 5.74) is 2.33. The van der Waals surface area contributed by atoms with Gasteiger partial charge >= 0.3 is 0 Å². The molecule has 0 saturated carbocycles. The molecule has 3 nitrogen and oxygen atoms in total. The molecule has 92 valence electrons. The summed E-state index contributed by atoms with van der Waals surface area (Å²) in [6.45, 7) is 4.47. The van der Waals surface area contributed by atoms with Crippen LogP contribution in [0.5, 0.6) is 0 Å². The van der Waals surface area contributed by atoms with Crippen LogP contribution in [0.15, 0.2) is 24.3 Å². The van der Waals surface area contributed by atoms with Crippen LogP contribution < -0.4 is 4.90 Å². The summed E-state index contributed by atoms with van der Waals surface area (Å²) in [7, 11) is 4.35. The van der Waals surface area contributed by atoms with Crippen LogP contribution in [0.3, 0.4) is 0 Å². The molecular weight excluding hydrogens is 210 g/mol. The average molecular weight is 232 g/mol. The van der Waals surface area contributed by atoms with Crippen LogP contribution in [0.4, 0.5) is 0 Å². The zero-order valence-electron chi connectivity index (χ0n) is 11.0. The molecule has 1 aromatic carbocycles. The van der Waals surface area contributed by atoms with Gasteiger partial charge in [-0.15, -0.1) is 0 Å². The van der Waals surface area contributed by atoms with Gasteiger partial charge in [-0.1, -0.05) is 25.5 Å². The molecule has 1 heterocycles. The first kappa shape index (κ1) is 12.1. The minimum atomic E-state index is 1.01. The van der Waals surface area contributed by atoms with Crippen molar-refractivity contribution < 1.29 is 4.90 Å². The van der Waals surface area contributed by atoms with Crippen molar-refractivity contribution in [2.24, 2.45) is 7.05 Å². The third kappa shape index (κ3) is 2.67. The van der Waals surface area contributed by atoms with Crippen LogP contribution >= 0.6 is 0 Å². The Kier molecular flexibility index (Phi) is 3.79. The molecule has 0 aliphatic carbocycles. The van der Waals surface area contributed by atoms with E-state index in [2.05, 4.69) is 43.8 Å². The number of unbranched alkanes of at least 4 members (excludes halogenated alkanes) is 1. The van der Waals surface area contributed by atoms with Crippen LogP contribution in [0.2, 0.25) is 0 Å². The first-order chi connectivity index (χ1) is 8.22. The van der Waals surface area contributed by atoms with Crippen molar-refractivity contribution in [3.8, 4) is 0 Å². The first-order valence-corrected chi connectivity index (χ1v) is 6.44. The summed E-state index contributed by atoms with van der Waals surface area (Å²) in [5, 5.41) is 0. The molecule has 2 rings (SSSR count). The highest BCUT2D eigenvalue weighted by Gasteiger charge is 2.11. The number of aromatic nitrogens is 2. The van der Waals surface area contributed by atoms with Gasteiger partial charge in [-0.25, -0.2) is 4.98 Å². The lowest BCUT2D eigenvalue weighted by Crippen LogP contribution is -3.07. The highest BCUT2D eigenvalue weighted by molar-refractivity contribution is 5.75. The molecule has 0 saturated heterocycles. The molecule has 0 bridgehead atoms. The molecule has 17 heavy (non-hydrogen) atoms. The van der Waals surface area contributed by atoms with E-state index in [1.54, 1.807) is 0 Å². The fourth-order valence-corrected chi connectivity index (χ4v) is 2.19. The maximum atomic E-state index is 4.70. The molecular formula is C14H22N3+. The smallest absolute Gasteiger partial charge is 0.165 e. The Bertz CT molecular complexity index is 487. The largest absolute Gasteiger partial charge is 0.331 e. The number of quaternary nitrogens is 1. The Hall–Kier alpha value is -1.35. The third-order valence-corrected chi connectivity index (χ3v) is 3.30. The number of fused-ring (bicyclic) bond motifs is 1. The fourth-order valence-electron chi connectivity index (χ4n) is 2.19. The molecule has 1 unspecified atom stereocenters. The van der Waals surface area contributed by atoms with E-state index in [0.717, 1.165) is 12.1 Å². The van der Waals surface area contributed by atoms with Crippen molar-refractivity contribution in [1.29, 1.82) is 0 Å². The highest BCUT2D eigenvalue weighted by Crippen LogP contribution is 2.13. The van der Waals surface area contributed by atoms with Crippen LogP contribution in [-0.2, 0) is 13.6 Å². The van der Waals surface area contributed by atoms with Gasteiger partial charge in [0.15, 0.2) is 5.82 Å². The second-order valence-electron chi connectivity index (χ2n) is 4.81. The number of aryl methyl sites for hydroxylation is 1. The van der Waals surface area contributed by atoms with E-state index in [9.17, 15) is 0 Å². The number of para-hydroxylation sites is 2. The Balaban J connectivity index is 2.16. The van der Waals surface area contributed by atoms with Gasteiger partial charge in [0.05, 0.1) is 24.6 Å². The van der Waals surface area contributed by atoms with Gasteiger partial charge in [0.25, 0.3) is 0 Å². The molecule has 0 fully saturated rings. The van der Waals surface area contributed by atoms with Gasteiger partial charge in [-0.05, 0) is 18.6 Å². The van der Waals surface area contributed by atoms with E-state index in [1.807, 2.05) is 6.07 Å². The van der Waals surface area contributed by atoms with Gasteiger partial charge in [-0.3, -0.25) is 0 Å². The van der Waals surface area contributed by atoms with Crippen molar-refractivity contribution in [2.45, 2.75) is 26.3 Å². The number of hydrogen-bond acceptors (Lipinski definition) is 1. The van der Waals surface area contributed by atoms with Gasteiger partial charge < -0.3 is 9.47 Å². The first-order valence-electron chi connectivity index (χ1n) is 6.44. The molecule has 3 heteroatoms. The van der Waals surface area contributed by atoms with Crippen LogP contribution in [-0.4, -0.2) is 23.1 Å². The van der Waals surface area contributed by atoms with E-state index >= 15 is 0 Å². The third-order valence-electron chi connectivity index (χ3n) is 3.30. The Labute approximate surface area is 103 Å². The zero-order chi connectivity index (χ0) is 12.3. The number of benzene rings is 1. The minimum absolute atomic E-state index is 1.01. The van der Waals surface area contributed by atoms with Crippen molar-refractivity contribution in [2.75, 3.05) is 13.6 Å². The zero-order valence-corrected chi connectivity index (χ0v) is 11.0. The topological polar surface area (TPSA) is 22.3 Å². The molecule has 0 spiro atoms. The number of nitrogens with one attached hydrogen (secondary N) is 1. The predicted octanol–water partition coefficient (Wildman–Crippen LogP) is 1.39. The SMILES string of the molecule is CCCC[NH+](C)Cc1nc2ccccc2n1C. The maximum absolute atomic E-state index is 4.70. The van der Waals surface area contributed by atoms with Gasteiger partial charge in [0, 0.05) is 7.05 Å². The summed E-state index contributed by atoms with van der Waals surface area (Å²) in [4.78, 5) is 6.24. The average Bonchev–Trinajstić information content (AvgIpc) is 2.64. The molecule has 1 atom stereocenters. The maximum Gasteiger partial charge on any atom is 0.165 e. The molecule has 0 amide bonds. The monoisotopic (exact) mass is 232 g/mol. The normalized spacial score (nSPS) is 13.1. The van der Waals surface area contributed by atoms with E-state index in [-0.39, 0.29) is 0 Å². The lowest BCUT2D eigenvalue weighted by molar-refractivity contribution is -0.894. The number of imidazole rings is 1. The van der Waals surface area contributed by atoms with Crippen molar-refractivity contribution in [3.63, 3.8) is 0 Å². The number of nitrogens with zero attached hydrogens (tertiary/aromatic N) is 2. The Morgan fingerprint density at radius 1 is 1.29 bits per heavy atom. The summed E-state index contributed by atoms with van der Waals surface area (Å²) < 4.78 is 2.21. The van der Waals surface area contributed by atoms with E-state index in [1.165, 1.54) is 35.6 Å². The number of hydrogen-bond donors (Lipinski definition) is 1. The van der Waals surface area contributed by atoms with Crippen molar-refractivity contribution >= 4 is 11.0 Å². The quantitative estimate of drug-likeness (QED) is 0.827. The van der Waals surface area contributed by atoms with Crippen molar-refractivity contribution in [3.05, 3.63) is 30.1 Å². The molecule has 0 aliphatic heterocycles. The molecule has 0 radical (unpaired) electrons. The Morgan fingerprint density at radius 3 is 2.76 bits per heavy atom.